The molecule has 2 amide bonds. The number of hydrogen-bond acceptors (Lipinski definition) is 4. The number of aryl methyl sites for hydroxylation is 1. The van der Waals surface area contributed by atoms with Gasteiger partial charge in [-0.05, 0) is 12.5 Å². The van der Waals surface area contributed by atoms with E-state index in [0.29, 0.717) is 13.2 Å². The van der Waals surface area contributed by atoms with Crippen LogP contribution in [0.4, 0.5) is 0 Å². The van der Waals surface area contributed by atoms with Crippen molar-refractivity contribution in [2.24, 2.45) is 0 Å². The van der Waals surface area contributed by atoms with E-state index in [1.165, 1.54) is 0 Å². The number of benzene rings is 1. The summed E-state index contributed by atoms with van der Waals surface area (Å²) in [6.45, 7) is 2.75. The molecular formula is C16H22N2O4. The number of rotatable bonds is 5. The van der Waals surface area contributed by atoms with Gasteiger partial charge in [-0.3, -0.25) is 9.59 Å². The molecule has 6 nitrogen and oxygen atoms in total. The van der Waals surface area contributed by atoms with E-state index >= 15 is 0 Å². The maximum absolute atomic E-state index is 12.3. The molecule has 0 aromatic heterocycles. The van der Waals surface area contributed by atoms with Crippen LogP contribution >= 0.6 is 0 Å². The summed E-state index contributed by atoms with van der Waals surface area (Å²) in [6, 6.07) is 7.34. The predicted molar refractivity (Wildman–Crippen MR) is 81.3 cm³/mol. The van der Waals surface area contributed by atoms with Gasteiger partial charge in [0.05, 0.1) is 12.6 Å². The number of methoxy groups -OCH3 is 1. The minimum absolute atomic E-state index is 0.0821. The van der Waals surface area contributed by atoms with Gasteiger partial charge in [-0.2, -0.15) is 0 Å². The first-order valence-corrected chi connectivity index (χ1v) is 7.25. The number of nitrogens with zero attached hydrogens (tertiary/aromatic N) is 1. The molecule has 1 aromatic carbocycles. The van der Waals surface area contributed by atoms with Crippen LogP contribution in [-0.2, 0) is 19.1 Å². The normalized spacial score (nSPS) is 21.8. The summed E-state index contributed by atoms with van der Waals surface area (Å²) >= 11 is 0. The highest BCUT2D eigenvalue weighted by atomic mass is 16.5. The first kappa shape index (κ1) is 16.5. The molecule has 0 radical (unpaired) electrons. The van der Waals surface area contributed by atoms with Crippen molar-refractivity contribution in [3.05, 3.63) is 35.4 Å². The Balaban J connectivity index is 2.20. The molecule has 6 heteroatoms. The van der Waals surface area contributed by atoms with Gasteiger partial charge in [-0.1, -0.05) is 29.8 Å². The van der Waals surface area contributed by atoms with E-state index in [0.717, 1.165) is 11.1 Å². The number of nitrogens with one attached hydrogen (secondary N) is 1. The van der Waals surface area contributed by atoms with Crippen LogP contribution in [0.15, 0.2) is 24.3 Å². The molecule has 1 aromatic rings. The summed E-state index contributed by atoms with van der Waals surface area (Å²) in [6.07, 6.45) is -0.720. The first-order valence-electron chi connectivity index (χ1n) is 7.25. The third-order valence-electron chi connectivity index (χ3n) is 3.77. The lowest BCUT2D eigenvalue weighted by Crippen LogP contribution is -2.53. The zero-order chi connectivity index (χ0) is 16.1. The molecule has 2 rings (SSSR count). The lowest BCUT2D eigenvalue weighted by molar-refractivity contribution is -0.162. The maximum atomic E-state index is 12.3. The molecule has 1 fully saturated rings. The van der Waals surface area contributed by atoms with E-state index < -0.39 is 12.1 Å². The minimum atomic E-state index is -0.720. The van der Waals surface area contributed by atoms with Gasteiger partial charge in [0.15, 0.2) is 6.10 Å². The fraction of sp³-hybridized carbons (Fsp3) is 0.500. The van der Waals surface area contributed by atoms with Crippen molar-refractivity contribution >= 4 is 11.8 Å². The Morgan fingerprint density at radius 3 is 2.73 bits per heavy atom. The number of morpholine rings is 1. The van der Waals surface area contributed by atoms with Crippen LogP contribution in [0, 0.1) is 6.92 Å². The molecule has 1 heterocycles. The van der Waals surface area contributed by atoms with E-state index in [-0.39, 0.29) is 18.4 Å². The number of carbonyl (C=O) groups excluding carboxylic acids is 2. The van der Waals surface area contributed by atoms with Crippen molar-refractivity contribution in [3.8, 4) is 0 Å². The molecule has 22 heavy (non-hydrogen) atoms. The van der Waals surface area contributed by atoms with Gasteiger partial charge in [0.2, 0.25) is 5.91 Å². The molecule has 1 N–H and O–H groups in total. The lowest BCUT2D eigenvalue weighted by Gasteiger charge is -2.38. The topological polar surface area (TPSA) is 67.9 Å². The number of carbonyl (C=O) groups is 2. The monoisotopic (exact) mass is 306 g/mol. The minimum Gasteiger partial charge on any atom is -0.383 e. The summed E-state index contributed by atoms with van der Waals surface area (Å²) < 4.78 is 10.4. The van der Waals surface area contributed by atoms with Crippen LogP contribution in [-0.4, -0.2) is 56.7 Å². The first-order chi connectivity index (χ1) is 10.5. The van der Waals surface area contributed by atoms with E-state index in [1.54, 1.807) is 19.1 Å². The Kier molecular flexibility index (Phi) is 5.51. The fourth-order valence-electron chi connectivity index (χ4n) is 2.47. The van der Waals surface area contributed by atoms with Crippen molar-refractivity contribution in [2.75, 3.05) is 33.9 Å². The highest BCUT2D eigenvalue weighted by molar-refractivity contribution is 5.86. The lowest BCUT2D eigenvalue weighted by atomic mass is 9.97. The molecule has 1 aliphatic heterocycles. The van der Waals surface area contributed by atoms with Crippen molar-refractivity contribution in [1.29, 1.82) is 0 Å². The van der Waals surface area contributed by atoms with Gasteiger partial charge in [0, 0.05) is 20.7 Å². The van der Waals surface area contributed by atoms with Crippen LogP contribution in [0.25, 0.3) is 0 Å². The van der Waals surface area contributed by atoms with Crippen molar-refractivity contribution in [2.45, 2.75) is 19.1 Å². The highest BCUT2D eigenvalue weighted by Gasteiger charge is 2.39. The molecule has 1 aliphatic rings. The second-order valence-electron chi connectivity index (χ2n) is 5.38. The van der Waals surface area contributed by atoms with E-state index in [9.17, 15) is 9.59 Å². The van der Waals surface area contributed by atoms with Crippen LogP contribution in [0.1, 0.15) is 17.2 Å². The molecule has 0 saturated carbocycles. The predicted octanol–water partition coefficient (Wildman–Crippen LogP) is 0.656. The van der Waals surface area contributed by atoms with Gasteiger partial charge in [0.1, 0.15) is 6.61 Å². The Labute approximate surface area is 130 Å². The molecule has 0 aliphatic carbocycles. The summed E-state index contributed by atoms with van der Waals surface area (Å²) in [7, 11) is 3.27. The quantitative estimate of drug-likeness (QED) is 0.811. The summed E-state index contributed by atoms with van der Waals surface area (Å²) in [4.78, 5) is 25.8. The third-order valence-corrected chi connectivity index (χ3v) is 3.77. The van der Waals surface area contributed by atoms with Gasteiger partial charge < -0.3 is 19.7 Å². The van der Waals surface area contributed by atoms with E-state index in [1.807, 2.05) is 31.2 Å². The average molecular weight is 306 g/mol. The van der Waals surface area contributed by atoms with Crippen molar-refractivity contribution in [3.63, 3.8) is 0 Å². The Morgan fingerprint density at radius 1 is 1.41 bits per heavy atom. The van der Waals surface area contributed by atoms with Crippen molar-refractivity contribution in [1.82, 2.24) is 10.2 Å². The smallest absolute Gasteiger partial charge is 0.251 e. The number of hydrogen-bond donors (Lipinski definition) is 1. The number of likely N-dealkylation sites (N-methyl/N-ethyl adjacent to an activating group) is 1. The van der Waals surface area contributed by atoms with Crippen LogP contribution < -0.4 is 5.32 Å². The largest absolute Gasteiger partial charge is 0.383 e. The van der Waals surface area contributed by atoms with Crippen molar-refractivity contribution < 1.29 is 19.1 Å². The highest BCUT2D eigenvalue weighted by Crippen LogP contribution is 2.29. The summed E-state index contributed by atoms with van der Waals surface area (Å²) in [5, 5.41) is 2.77. The van der Waals surface area contributed by atoms with Crippen LogP contribution in [0.5, 0.6) is 0 Å². The second-order valence-corrected chi connectivity index (χ2v) is 5.38. The molecule has 0 bridgehead atoms. The van der Waals surface area contributed by atoms with Gasteiger partial charge in [-0.15, -0.1) is 0 Å². The Bertz CT molecular complexity index is 529. The Hall–Kier alpha value is -1.92. The maximum Gasteiger partial charge on any atom is 0.251 e. The van der Waals surface area contributed by atoms with Gasteiger partial charge in [0.25, 0.3) is 5.91 Å². The molecule has 120 valence electrons. The molecule has 1 saturated heterocycles. The fourth-order valence-corrected chi connectivity index (χ4v) is 2.47. The van der Waals surface area contributed by atoms with Gasteiger partial charge >= 0.3 is 0 Å². The van der Waals surface area contributed by atoms with Gasteiger partial charge in [-0.25, -0.2) is 0 Å². The molecular weight excluding hydrogens is 284 g/mol. The number of ether oxygens (including phenoxy) is 2. The average Bonchev–Trinajstić information content (AvgIpc) is 2.51. The third kappa shape index (κ3) is 3.64. The SMILES string of the molecule is COCCNC(=O)[C@H]1OCC(=O)N(C)[C@H]1c1ccc(C)cc1. The summed E-state index contributed by atoms with van der Waals surface area (Å²) in [5.74, 6) is -0.367. The number of amides is 2. The van der Waals surface area contributed by atoms with Crippen LogP contribution in [0.2, 0.25) is 0 Å². The zero-order valence-electron chi connectivity index (χ0n) is 13.2. The standard InChI is InChI=1S/C16H22N2O4/c1-11-4-6-12(7-5-11)14-15(16(20)17-8-9-21-3)22-10-13(19)18(14)2/h4-7,14-15H,8-10H2,1-3H3,(H,17,20)/t14-,15-/m0/s1. The molecule has 0 spiro atoms. The zero-order valence-corrected chi connectivity index (χ0v) is 13.2. The summed E-state index contributed by atoms with van der Waals surface area (Å²) in [5.41, 5.74) is 2.00. The Morgan fingerprint density at radius 2 is 2.09 bits per heavy atom. The van der Waals surface area contributed by atoms with E-state index in [4.69, 9.17) is 9.47 Å². The van der Waals surface area contributed by atoms with Crippen LogP contribution in [0.3, 0.4) is 0 Å². The second kappa shape index (κ2) is 7.38. The van der Waals surface area contributed by atoms with E-state index in [2.05, 4.69) is 5.32 Å². The molecule has 0 unspecified atom stereocenters. The molecule has 2 atom stereocenters.